The Bertz CT molecular complexity index is 1040. The van der Waals surface area contributed by atoms with Crippen molar-refractivity contribution in [3.05, 3.63) is 59.2 Å². The third kappa shape index (κ3) is 4.45. The van der Waals surface area contributed by atoms with Crippen LogP contribution in [0.3, 0.4) is 0 Å². The van der Waals surface area contributed by atoms with E-state index < -0.39 is 5.97 Å². The monoisotopic (exact) mass is 439 g/mol. The van der Waals surface area contributed by atoms with Gasteiger partial charge in [0.25, 0.3) is 0 Å². The zero-order valence-corrected chi connectivity index (χ0v) is 18.6. The molecule has 0 radical (unpaired) electrons. The minimum Gasteiger partial charge on any atom is -0.461 e. The highest BCUT2D eigenvalue weighted by Gasteiger charge is 2.26. The number of hydrogen-bond donors (Lipinski definition) is 1. The molecule has 1 aliphatic rings. The van der Waals surface area contributed by atoms with Gasteiger partial charge in [0.15, 0.2) is 5.69 Å². The van der Waals surface area contributed by atoms with Gasteiger partial charge in [0.1, 0.15) is 11.5 Å². The van der Waals surface area contributed by atoms with Crippen LogP contribution in [0.5, 0.6) is 0 Å². The predicted octanol–water partition coefficient (Wildman–Crippen LogP) is 5.19. The molecule has 2 atom stereocenters. The lowest BCUT2D eigenvalue weighted by atomic mass is 10.1. The average Bonchev–Trinajstić information content (AvgIpc) is 3.20. The number of ether oxygens (including phenoxy) is 2. The summed E-state index contributed by atoms with van der Waals surface area (Å²) in [6, 6.07) is 16.1. The first kappa shape index (κ1) is 21.4. The van der Waals surface area contributed by atoms with E-state index in [0.717, 1.165) is 30.0 Å². The second-order valence-corrected chi connectivity index (χ2v) is 8.16. The number of esters is 1. The fourth-order valence-corrected chi connectivity index (χ4v) is 4.11. The number of imidazole rings is 1. The predicted molar refractivity (Wildman–Crippen MR) is 123 cm³/mol. The lowest BCUT2D eigenvalue weighted by Gasteiger charge is -2.40. The first-order chi connectivity index (χ1) is 15.0. The molecule has 1 aromatic heterocycles. The second-order valence-electron chi connectivity index (χ2n) is 7.73. The molecule has 0 aliphatic carbocycles. The molecule has 7 heteroatoms. The summed E-state index contributed by atoms with van der Waals surface area (Å²) in [6.07, 6.45) is 0. The third-order valence-corrected chi connectivity index (χ3v) is 5.66. The molecule has 4 rings (SSSR count). The normalized spacial score (nSPS) is 18.8. The highest BCUT2D eigenvalue weighted by atomic mass is 35.5. The first-order valence-corrected chi connectivity index (χ1v) is 10.8. The van der Waals surface area contributed by atoms with Crippen LogP contribution in [-0.4, -0.2) is 47.8 Å². The molecular formula is C24H26ClN3O3. The van der Waals surface area contributed by atoms with Crippen molar-refractivity contribution in [1.82, 2.24) is 9.97 Å². The van der Waals surface area contributed by atoms with Gasteiger partial charge in [-0.2, -0.15) is 0 Å². The maximum absolute atomic E-state index is 12.5. The van der Waals surface area contributed by atoms with E-state index in [2.05, 4.69) is 35.9 Å². The molecule has 2 aromatic carbocycles. The van der Waals surface area contributed by atoms with E-state index in [4.69, 9.17) is 26.1 Å². The van der Waals surface area contributed by atoms with E-state index in [1.807, 2.05) is 24.3 Å². The molecule has 0 spiro atoms. The molecule has 1 N–H and O–H groups in total. The topological polar surface area (TPSA) is 67.5 Å². The number of anilines is 1. The number of nitrogens with zero attached hydrogens (tertiary/aromatic N) is 2. The number of carbonyl (C=O) groups excluding carboxylic acids is 1. The van der Waals surface area contributed by atoms with Gasteiger partial charge in [0, 0.05) is 33.9 Å². The molecule has 1 fully saturated rings. The zero-order chi connectivity index (χ0) is 22.0. The maximum Gasteiger partial charge on any atom is 0.357 e. The summed E-state index contributed by atoms with van der Waals surface area (Å²) in [5, 5.41) is 0.624. The Balaban J connectivity index is 1.68. The molecule has 2 unspecified atom stereocenters. The lowest BCUT2D eigenvalue weighted by Crippen LogP contribution is -2.49. The number of morpholine rings is 1. The quantitative estimate of drug-likeness (QED) is 0.554. The number of hydrogen-bond acceptors (Lipinski definition) is 5. The number of aromatic nitrogens is 2. The van der Waals surface area contributed by atoms with Gasteiger partial charge < -0.3 is 19.4 Å². The lowest BCUT2D eigenvalue weighted by molar-refractivity contribution is 0.0521. The molecule has 6 nitrogen and oxygen atoms in total. The number of aromatic amines is 1. The Kier molecular flexibility index (Phi) is 6.30. The maximum atomic E-state index is 12.5. The van der Waals surface area contributed by atoms with Crippen molar-refractivity contribution >= 4 is 23.3 Å². The van der Waals surface area contributed by atoms with E-state index in [1.165, 1.54) is 0 Å². The second kappa shape index (κ2) is 9.12. The van der Waals surface area contributed by atoms with Crippen LogP contribution in [0.2, 0.25) is 5.02 Å². The van der Waals surface area contributed by atoms with Gasteiger partial charge >= 0.3 is 5.97 Å². The van der Waals surface area contributed by atoms with Gasteiger partial charge in [-0.15, -0.1) is 0 Å². The Labute approximate surface area is 187 Å². The number of rotatable bonds is 5. The van der Waals surface area contributed by atoms with Crippen molar-refractivity contribution in [3.63, 3.8) is 0 Å². The molecule has 3 aromatic rings. The molecule has 0 amide bonds. The SMILES string of the molecule is CCOC(=O)c1[nH]c(-c2ccc(N3C(C)COCC3C)cc2)nc1-c1ccc(Cl)cc1. The van der Waals surface area contributed by atoms with Crippen molar-refractivity contribution in [1.29, 1.82) is 0 Å². The van der Waals surface area contributed by atoms with E-state index in [-0.39, 0.29) is 6.61 Å². The zero-order valence-electron chi connectivity index (χ0n) is 17.9. The average molecular weight is 440 g/mol. The number of halogens is 1. The minimum atomic E-state index is -0.432. The Hall–Kier alpha value is -2.83. The molecule has 2 heterocycles. The van der Waals surface area contributed by atoms with Gasteiger partial charge in [-0.05, 0) is 57.2 Å². The fraction of sp³-hybridized carbons (Fsp3) is 0.333. The fourth-order valence-electron chi connectivity index (χ4n) is 3.98. The van der Waals surface area contributed by atoms with Crippen molar-refractivity contribution < 1.29 is 14.3 Å². The summed E-state index contributed by atoms with van der Waals surface area (Å²) in [4.78, 5) is 22.8. The van der Waals surface area contributed by atoms with Gasteiger partial charge in [0.2, 0.25) is 0 Å². The summed E-state index contributed by atoms with van der Waals surface area (Å²) >= 11 is 6.02. The largest absolute Gasteiger partial charge is 0.461 e. The van der Waals surface area contributed by atoms with Crippen LogP contribution in [0, 0.1) is 0 Å². The highest BCUT2D eigenvalue weighted by molar-refractivity contribution is 6.30. The number of nitrogens with one attached hydrogen (secondary N) is 1. The molecule has 162 valence electrons. The van der Waals surface area contributed by atoms with E-state index in [0.29, 0.717) is 34.3 Å². The molecular weight excluding hydrogens is 414 g/mol. The van der Waals surface area contributed by atoms with Crippen LogP contribution in [0.15, 0.2) is 48.5 Å². The Morgan fingerprint density at radius 1 is 1.10 bits per heavy atom. The first-order valence-electron chi connectivity index (χ1n) is 10.5. The van der Waals surface area contributed by atoms with Gasteiger partial charge in [-0.25, -0.2) is 9.78 Å². The Morgan fingerprint density at radius 3 is 2.32 bits per heavy atom. The Morgan fingerprint density at radius 2 is 1.71 bits per heavy atom. The van der Waals surface area contributed by atoms with Gasteiger partial charge in [0.05, 0.1) is 19.8 Å². The summed E-state index contributed by atoms with van der Waals surface area (Å²) in [5.74, 6) is 0.182. The van der Waals surface area contributed by atoms with Gasteiger partial charge in [-0.1, -0.05) is 23.7 Å². The van der Waals surface area contributed by atoms with Crippen LogP contribution in [-0.2, 0) is 9.47 Å². The van der Waals surface area contributed by atoms with Crippen LogP contribution in [0.4, 0.5) is 5.69 Å². The van der Waals surface area contributed by atoms with Crippen molar-refractivity contribution in [2.24, 2.45) is 0 Å². The van der Waals surface area contributed by atoms with E-state index in [9.17, 15) is 4.79 Å². The molecule has 0 saturated carbocycles. The third-order valence-electron chi connectivity index (χ3n) is 5.41. The summed E-state index contributed by atoms with van der Waals surface area (Å²) < 4.78 is 10.9. The number of carbonyl (C=O) groups is 1. The number of H-pyrrole nitrogens is 1. The molecule has 31 heavy (non-hydrogen) atoms. The molecule has 1 aliphatic heterocycles. The van der Waals surface area contributed by atoms with Crippen LogP contribution >= 0.6 is 11.6 Å². The van der Waals surface area contributed by atoms with E-state index in [1.54, 1.807) is 19.1 Å². The standard InChI is InChI=1S/C24H26ClN3O3/c1-4-31-24(29)22-21(17-5-9-19(25)10-6-17)26-23(27-22)18-7-11-20(12-8-18)28-15(2)13-30-14-16(28)3/h5-12,15-16H,4,13-14H2,1-3H3,(H,26,27). The summed E-state index contributed by atoms with van der Waals surface area (Å²) in [7, 11) is 0. The smallest absolute Gasteiger partial charge is 0.357 e. The van der Waals surface area contributed by atoms with Crippen LogP contribution in [0.1, 0.15) is 31.3 Å². The van der Waals surface area contributed by atoms with Gasteiger partial charge in [-0.3, -0.25) is 0 Å². The molecule has 1 saturated heterocycles. The minimum absolute atomic E-state index is 0.290. The summed E-state index contributed by atoms with van der Waals surface area (Å²) in [6.45, 7) is 7.84. The highest BCUT2D eigenvalue weighted by Crippen LogP contribution is 2.30. The number of benzene rings is 2. The van der Waals surface area contributed by atoms with Crippen molar-refractivity contribution in [2.45, 2.75) is 32.9 Å². The van der Waals surface area contributed by atoms with Crippen molar-refractivity contribution in [3.8, 4) is 22.6 Å². The van der Waals surface area contributed by atoms with Crippen molar-refractivity contribution in [2.75, 3.05) is 24.7 Å². The molecule has 0 bridgehead atoms. The van der Waals surface area contributed by atoms with Crippen LogP contribution in [0.25, 0.3) is 22.6 Å². The van der Waals surface area contributed by atoms with E-state index >= 15 is 0 Å². The summed E-state index contributed by atoms with van der Waals surface area (Å²) in [5.41, 5.74) is 3.70. The van der Waals surface area contributed by atoms with Crippen LogP contribution < -0.4 is 4.90 Å².